The Hall–Kier alpha value is -2.82. The van der Waals surface area contributed by atoms with Crippen molar-refractivity contribution in [1.82, 2.24) is 9.80 Å². The molecule has 0 spiro atoms. The van der Waals surface area contributed by atoms with Gasteiger partial charge >= 0.3 is 0 Å². The Morgan fingerprint density at radius 3 is 2.57 bits per heavy atom. The van der Waals surface area contributed by atoms with Crippen molar-refractivity contribution in [3.63, 3.8) is 0 Å². The van der Waals surface area contributed by atoms with Crippen LogP contribution in [0.5, 0.6) is 5.75 Å². The molecule has 2 aromatic carbocycles. The summed E-state index contributed by atoms with van der Waals surface area (Å²) in [4.78, 5) is 29.6. The van der Waals surface area contributed by atoms with E-state index in [1.54, 1.807) is 0 Å². The van der Waals surface area contributed by atoms with Crippen LogP contribution in [-0.4, -0.2) is 47.4 Å². The molecule has 2 amide bonds. The number of hydrogen-bond acceptors (Lipinski definition) is 3. The second-order valence-electron chi connectivity index (χ2n) is 7.73. The van der Waals surface area contributed by atoms with Crippen LogP contribution in [0.3, 0.4) is 0 Å². The van der Waals surface area contributed by atoms with Gasteiger partial charge in [-0.1, -0.05) is 48.5 Å². The van der Waals surface area contributed by atoms with Crippen molar-refractivity contribution in [1.29, 1.82) is 0 Å². The van der Waals surface area contributed by atoms with E-state index < -0.39 is 0 Å². The standard InChI is InChI=1S/C23H26N2O3/c1-17-7-5-6-10-21(17)28-16-22(26)24-14-19-11-12-20(15-24)25(23(19)27)13-18-8-3-2-4-9-18/h2-10,19-20H,11-16H2,1H3. The smallest absolute Gasteiger partial charge is 0.260 e. The fraction of sp³-hybridized carbons (Fsp3) is 0.391. The van der Waals surface area contributed by atoms with Gasteiger partial charge in [-0.05, 0) is 37.0 Å². The molecule has 2 unspecified atom stereocenters. The number of fused-ring (bicyclic) bond motifs is 4. The molecule has 2 bridgehead atoms. The summed E-state index contributed by atoms with van der Waals surface area (Å²) in [5.41, 5.74) is 2.14. The summed E-state index contributed by atoms with van der Waals surface area (Å²) >= 11 is 0. The van der Waals surface area contributed by atoms with Gasteiger partial charge in [-0.15, -0.1) is 0 Å². The first-order valence-corrected chi connectivity index (χ1v) is 9.92. The average molecular weight is 378 g/mol. The topological polar surface area (TPSA) is 49.9 Å². The Morgan fingerprint density at radius 1 is 1.04 bits per heavy atom. The molecule has 0 saturated carbocycles. The first kappa shape index (κ1) is 18.5. The van der Waals surface area contributed by atoms with Crippen LogP contribution in [-0.2, 0) is 16.1 Å². The summed E-state index contributed by atoms with van der Waals surface area (Å²) in [6.45, 7) is 3.67. The van der Waals surface area contributed by atoms with E-state index in [9.17, 15) is 9.59 Å². The van der Waals surface area contributed by atoms with Crippen molar-refractivity contribution in [3.8, 4) is 5.75 Å². The van der Waals surface area contributed by atoms with E-state index in [4.69, 9.17) is 4.74 Å². The van der Waals surface area contributed by atoms with Gasteiger partial charge in [0.2, 0.25) is 5.91 Å². The molecule has 146 valence electrons. The molecule has 3 heterocycles. The molecular weight excluding hydrogens is 352 g/mol. The van der Waals surface area contributed by atoms with E-state index in [2.05, 4.69) is 0 Å². The monoisotopic (exact) mass is 378 g/mol. The normalized spacial score (nSPS) is 21.5. The molecule has 0 N–H and O–H groups in total. The molecule has 0 aliphatic carbocycles. The molecule has 5 heteroatoms. The number of aryl methyl sites for hydroxylation is 1. The Morgan fingerprint density at radius 2 is 1.79 bits per heavy atom. The number of piperidine rings is 1. The molecule has 2 atom stereocenters. The zero-order valence-electron chi connectivity index (χ0n) is 16.2. The van der Waals surface area contributed by atoms with E-state index in [1.807, 2.05) is 71.3 Å². The highest BCUT2D eigenvalue weighted by molar-refractivity contribution is 5.83. The molecular formula is C23H26N2O3. The van der Waals surface area contributed by atoms with Gasteiger partial charge in [0.25, 0.3) is 5.91 Å². The van der Waals surface area contributed by atoms with Crippen molar-refractivity contribution in [2.75, 3.05) is 19.7 Å². The lowest BCUT2D eigenvalue weighted by molar-refractivity contribution is -0.140. The number of ether oxygens (including phenoxy) is 1. The molecule has 3 aliphatic heterocycles. The summed E-state index contributed by atoms with van der Waals surface area (Å²) in [6.07, 6.45) is 1.81. The molecule has 3 aliphatic rings. The highest BCUT2D eigenvalue weighted by Crippen LogP contribution is 2.30. The fourth-order valence-electron chi connectivity index (χ4n) is 4.18. The third-order valence-electron chi connectivity index (χ3n) is 5.79. The quantitative estimate of drug-likeness (QED) is 0.804. The SMILES string of the molecule is Cc1ccccc1OCC(=O)N1CC2CCC(C1)N(Cc1ccccc1)C2=O. The van der Waals surface area contributed by atoms with E-state index >= 15 is 0 Å². The second kappa shape index (κ2) is 8.05. The van der Waals surface area contributed by atoms with Crippen molar-refractivity contribution in [2.24, 2.45) is 5.92 Å². The molecule has 3 saturated heterocycles. The molecule has 5 nitrogen and oxygen atoms in total. The number of benzene rings is 2. The first-order valence-electron chi connectivity index (χ1n) is 9.92. The average Bonchev–Trinajstić information content (AvgIpc) is 3.00. The lowest BCUT2D eigenvalue weighted by Crippen LogP contribution is -2.47. The molecule has 28 heavy (non-hydrogen) atoms. The highest BCUT2D eigenvalue weighted by Gasteiger charge is 2.41. The molecule has 0 radical (unpaired) electrons. The van der Waals surface area contributed by atoms with Crippen molar-refractivity contribution in [2.45, 2.75) is 32.4 Å². The van der Waals surface area contributed by atoms with Crippen LogP contribution in [0.25, 0.3) is 0 Å². The van der Waals surface area contributed by atoms with Crippen LogP contribution in [0.4, 0.5) is 0 Å². The number of carbonyl (C=O) groups is 2. The minimum absolute atomic E-state index is 0.0111. The van der Waals surface area contributed by atoms with Gasteiger partial charge in [0.1, 0.15) is 5.75 Å². The van der Waals surface area contributed by atoms with Crippen LogP contribution in [0, 0.1) is 12.8 Å². The third kappa shape index (κ3) is 3.88. The Bertz CT molecular complexity index is 852. The summed E-state index contributed by atoms with van der Waals surface area (Å²) in [6, 6.07) is 17.8. The molecule has 0 aromatic heterocycles. The lowest BCUT2D eigenvalue weighted by Gasteiger charge is -2.36. The minimum Gasteiger partial charge on any atom is -0.484 e. The highest BCUT2D eigenvalue weighted by atomic mass is 16.5. The van der Waals surface area contributed by atoms with Gasteiger partial charge in [0.05, 0.1) is 5.92 Å². The van der Waals surface area contributed by atoms with Gasteiger partial charge in [-0.3, -0.25) is 9.59 Å². The Kier molecular flexibility index (Phi) is 5.33. The maximum Gasteiger partial charge on any atom is 0.260 e. The zero-order valence-corrected chi connectivity index (χ0v) is 16.2. The predicted octanol–water partition coefficient (Wildman–Crippen LogP) is 3.02. The van der Waals surface area contributed by atoms with Crippen LogP contribution >= 0.6 is 0 Å². The Balaban J connectivity index is 1.43. The van der Waals surface area contributed by atoms with Crippen molar-refractivity contribution in [3.05, 3.63) is 65.7 Å². The first-order chi connectivity index (χ1) is 13.6. The fourth-order valence-corrected chi connectivity index (χ4v) is 4.18. The predicted molar refractivity (Wildman–Crippen MR) is 107 cm³/mol. The van der Waals surface area contributed by atoms with Gasteiger partial charge in [0, 0.05) is 25.7 Å². The van der Waals surface area contributed by atoms with Gasteiger partial charge in [-0.2, -0.15) is 0 Å². The Labute approximate surface area is 165 Å². The summed E-state index contributed by atoms with van der Waals surface area (Å²) in [5.74, 6) is 0.755. The number of rotatable bonds is 5. The molecule has 5 rings (SSSR count). The van der Waals surface area contributed by atoms with Crippen molar-refractivity contribution >= 4 is 11.8 Å². The maximum atomic E-state index is 13.0. The minimum atomic E-state index is -0.107. The maximum absolute atomic E-state index is 13.0. The van der Waals surface area contributed by atoms with Gasteiger partial charge < -0.3 is 14.5 Å². The van der Waals surface area contributed by atoms with E-state index in [1.165, 1.54) is 0 Å². The van der Waals surface area contributed by atoms with Gasteiger partial charge in [0.15, 0.2) is 6.61 Å². The number of para-hydroxylation sites is 1. The van der Waals surface area contributed by atoms with Crippen LogP contribution in [0.15, 0.2) is 54.6 Å². The van der Waals surface area contributed by atoms with Crippen LogP contribution < -0.4 is 4.74 Å². The van der Waals surface area contributed by atoms with E-state index in [-0.39, 0.29) is 30.4 Å². The van der Waals surface area contributed by atoms with Crippen molar-refractivity contribution < 1.29 is 14.3 Å². The second-order valence-corrected chi connectivity index (χ2v) is 7.73. The zero-order chi connectivity index (χ0) is 19.5. The van der Waals surface area contributed by atoms with E-state index in [0.717, 1.165) is 29.7 Å². The van der Waals surface area contributed by atoms with Gasteiger partial charge in [-0.25, -0.2) is 0 Å². The summed E-state index contributed by atoms with van der Waals surface area (Å²) < 4.78 is 5.74. The van der Waals surface area contributed by atoms with Crippen LogP contribution in [0.1, 0.15) is 24.0 Å². The number of nitrogens with zero attached hydrogens (tertiary/aromatic N) is 2. The number of hydrogen-bond donors (Lipinski definition) is 0. The summed E-state index contributed by atoms with van der Waals surface area (Å²) in [7, 11) is 0. The van der Waals surface area contributed by atoms with Crippen LogP contribution in [0.2, 0.25) is 0 Å². The third-order valence-corrected chi connectivity index (χ3v) is 5.79. The molecule has 3 fully saturated rings. The lowest BCUT2D eigenvalue weighted by atomic mass is 9.93. The summed E-state index contributed by atoms with van der Waals surface area (Å²) in [5, 5.41) is 0. The largest absolute Gasteiger partial charge is 0.484 e. The number of amides is 2. The molecule has 2 aromatic rings. The van der Waals surface area contributed by atoms with E-state index in [0.29, 0.717) is 19.6 Å². The number of carbonyl (C=O) groups excluding carboxylic acids is 2.